The third-order valence-corrected chi connectivity index (χ3v) is 5.65. The predicted molar refractivity (Wildman–Crippen MR) is 117 cm³/mol. The van der Waals surface area contributed by atoms with E-state index in [1.807, 2.05) is 25.1 Å². The molecule has 0 aliphatic carbocycles. The largest absolute Gasteiger partial charge is 0.350 e. The van der Waals surface area contributed by atoms with Crippen LogP contribution in [0.1, 0.15) is 16.7 Å². The van der Waals surface area contributed by atoms with Gasteiger partial charge < -0.3 is 0 Å². The molecule has 3 aromatic rings. The highest BCUT2D eigenvalue weighted by atomic mass is 32.2. The average molecular weight is 393 g/mol. The van der Waals surface area contributed by atoms with Gasteiger partial charge in [-0.25, -0.2) is 21.5 Å². The summed E-state index contributed by atoms with van der Waals surface area (Å²) in [5.41, 5.74) is 8.43. The molecule has 3 rings (SSSR count). The number of nitrogens with two attached hydrogens (primary N) is 2. The summed E-state index contributed by atoms with van der Waals surface area (Å²) in [6.07, 6.45) is 0. The fourth-order valence-electron chi connectivity index (χ4n) is 2.92. The number of amides is 2. The lowest BCUT2D eigenvalue weighted by Gasteiger charge is -2.20. The summed E-state index contributed by atoms with van der Waals surface area (Å²) in [6, 6.07) is 22.1. The summed E-state index contributed by atoms with van der Waals surface area (Å²) in [6.45, 7) is 4.09. The highest BCUT2D eigenvalue weighted by Gasteiger charge is 2.16. The molecule has 0 fully saturated rings. The fourth-order valence-corrected chi connectivity index (χ4v) is 3.94. The van der Waals surface area contributed by atoms with Gasteiger partial charge in [-0.15, -0.1) is 11.8 Å². The van der Waals surface area contributed by atoms with Gasteiger partial charge in [0.15, 0.2) is 0 Å². The summed E-state index contributed by atoms with van der Waals surface area (Å²) in [4.78, 5) is 13.0. The monoisotopic (exact) mass is 392 g/mol. The molecule has 0 atom stereocenters. The van der Waals surface area contributed by atoms with Gasteiger partial charge in [0.2, 0.25) is 0 Å². The Morgan fingerprint density at radius 2 is 1.57 bits per heavy atom. The van der Waals surface area contributed by atoms with E-state index in [-0.39, 0.29) is 0 Å². The van der Waals surface area contributed by atoms with Gasteiger partial charge in [0.25, 0.3) is 0 Å². The summed E-state index contributed by atoms with van der Waals surface area (Å²) >= 11 is 1.70. The number of hydrogen-bond acceptors (Lipinski definition) is 4. The van der Waals surface area contributed by atoms with Crippen LogP contribution in [0.2, 0.25) is 0 Å². The number of carbonyl (C=O) groups is 1. The molecule has 0 saturated heterocycles. The number of aryl methyl sites for hydroxylation is 2. The Hall–Kier alpha value is -2.80. The molecular formula is C22H24N4OS. The topological polar surface area (TPSA) is 84.4 Å². The number of rotatable bonds is 5. The van der Waals surface area contributed by atoms with Crippen LogP contribution in [0.15, 0.2) is 71.6 Å². The van der Waals surface area contributed by atoms with Crippen molar-refractivity contribution in [2.45, 2.75) is 24.5 Å². The Morgan fingerprint density at radius 3 is 2.18 bits per heavy atom. The minimum absolute atomic E-state index is 0.556. The first-order valence-electron chi connectivity index (χ1n) is 8.93. The van der Waals surface area contributed by atoms with Crippen molar-refractivity contribution in [1.29, 1.82) is 0 Å². The number of carbonyl (C=O) groups excluding carboxylic acids is 1. The van der Waals surface area contributed by atoms with Crippen molar-refractivity contribution >= 4 is 23.5 Å². The van der Waals surface area contributed by atoms with Gasteiger partial charge in [-0.3, -0.25) is 5.43 Å². The third-order valence-electron chi connectivity index (χ3n) is 4.61. The van der Waals surface area contributed by atoms with Crippen molar-refractivity contribution < 1.29 is 4.79 Å². The van der Waals surface area contributed by atoms with Crippen molar-refractivity contribution in [3.63, 3.8) is 0 Å². The Balaban J connectivity index is 1.75. The zero-order valence-corrected chi connectivity index (χ0v) is 16.8. The minimum Gasteiger partial charge on any atom is -0.274 e. The summed E-state index contributed by atoms with van der Waals surface area (Å²) < 4.78 is 0. The molecule has 0 heterocycles. The second-order valence-corrected chi connectivity index (χ2v) is 7.62. The van der Waals surface area contributed by atoms with Gasteiger partial charge in [0.05, 0.1) is 5.69 Å². The van der Waals surface area contributed by atoms with Crippen LogP contribution in [0.3, 0.4) is 0 Å². The van der Waals surface area contributed by atoms with Crippen LogP contribution in [0.5, 0.6) is 0 Å². The molecule has 0 spiro atoms. The van der Waals surface area contributed by atoms with Crippen LogP contribution in [0.4, 0.5) is 10.5 Å². The van der Waals surface area contributed by atoms with E-state index in [1.54, 1.807) is 11.8 Å². The van der Waals surface area contributed by atoms with Crippen LogP contribution in [-0.2, 0) is 5.75 Å². The zero-order chi connectivity index (χ0) is 20.1. The van der Waals surface area contributed by atoms with Gasteiger partial charge in [0.1, 0.15) is 0 Å². The van der Waals surface area contributed by atoms with Crippen LogP contribution < -0.4 is 22.1 Å². The summed E-state index contributed by atoms with van der Waals surface area (Å²) in [5.74, 6) is 11.8. The maximum absolute atomic E-state index is 11.8. The normalized spacial score (nSPS) is 10.6. The van der Waals surface area contributed by atoms with Gasteiger partial charge in [-0.2, -0.15) is 0 Å². The van der Waals surface area contributed by atoms with Gasteiger partial charge >= 0.3 is 6.03 Å². The zero-order valence-electron chi connectivity index (χ0n) is 16.0. The summed E-state index contributed by atoms with van der Waals surface area (Å²) in [7, 11) is 0. The number of benzene rings is 3. The van der Waals surface area contributed by atoms with E-state index in [1.165, 1.54) is 16.7 Å². The standard InChI is InChI=1S/C22H24N4OS/c1-15-6-8-17(9-7-15)18-10-12-19(13-11-18)28-14-20-16(2)4-3-5-21(20)26(24)22(27)25-23/h3-13H,14,23-24H2,1-2H3,(H,25,27). The molecule has 0 aromatic heterocycles. The van der Waals surface area contributed by atoms with Crippen LogP contribution >= 0.6 is 11.8 Å². The fraction of sp³-hybridized carbons (Fsp3) is 0.136. The quantitative estimate of drug-likeness (QED) is 0.258. The summed E-state index contributed by atoms with van der Waals surface area (Å²) in [5, 5.41) is 1.05. The second kappa shape index (κ2) is 8.93. The Morgan fingerprint density at radius 1 is 0.964 bits per heavy atom. The van der Waals surface area contributed by atoms with Crippen molar-refractivity contribution in [2.24, 2.45) is 11.7 Å². The van der Waals surface area contributed by atoms with E-state index >= 15 is 0 Å². The van der Waals surface area contributed by atoms with E-state index in [2.05, 4.69) is 60.9 Å². The molecule has 0 saturated carbocycles. The predicted octanol–water partition coefficient (Wildman–Crippen LogP) is 4.53. The van der Waals surface area contributed by atoms with Crippen LogP contribution in [-0.4, -0.2) is 6.03 Å². The smallest absolute Gasteiger partial charge is 0.274 e. The number of nitrogens with zero attached hydrogens (tertiary/aromatic N) is 1. The van der Waals surface area contributed by atoms with Gasteiger partial charge in [-0.05, 0) is 54.3 Å². The van der Waals surface area contributed by atoms with Crippen LogP contribution in [0.25, 0.3) is 11.1 Å². The Kier molecular flexibility index (Phi) is 6.36. The lowest BCUT2D eigenvalue weighted by molar-refractivity contribution is 0.246. The van der Waals surface area contributed by atoms with Crippen molar-refractivity contribution in [3.05, 3.63) is 83.4 Å². The molecule has 0 aliphatic rings. The first-order chi connectivity index (χ1) is 13.5. The first-order valence-corrected chi connectivity index (χ1v) is 9.92. The third kappa shape index (κ3) is 4.54. The number of thioether (sulfide) groups is 1. The lowest BCUT2D eigenvalue weighted by Crippen LogP contribution is -2.48. The van der Waals surface area contributed by atoms with E-state index in [9.17, 15) is 4.79 Å². The van der Waals surface area contributed by atoms with Gasteiger partial charge in [-0.1, -0.05) is 54.1 Å². The first kappa shape index (κ1) is 19.9. The van der Waals surface area contributed by atoms with E-state index in [0.717, 1.165) is 21.0 Å². The van der Waals surface area contributed by atoms with Gasteiger partial charge in [0, 0.05) is 10.6 Å². The number of anilines is 1. The number of urea groups is 1. The molecule has 0 unspecified atom stereocenters. The van der Waals surface area contributed by atoms with Crippen molar-refractivity contribution in [1.82, 2.24) is 5.43 Å². The molecule has 5 N–H and O–H groups in total. The molecule has 28 heavy (non-hydrogen) atoms. The molecule has 0 bridgehead atoms. The highest BCUT2D eigenvalue weighted by molar-refractivity contribution is 7.98. The maximum Gasteiger partial charge on any atom is 0.350 e. The molecule has 6 heteroatoms. The molecule has 144 valence electrons. The maximum atomic E-state index is 11.8. The second-order valence-electron chi connectivity index (χ2n) is 6.57. The molecule has 0 radical (unpaired) electrons. The molecule has 2 amide bonds. The lowest BCUT2D eigenvalue weighted by atomic mass is 10.0. The van der Waals surface area contributed by atoms with Crippen LogP contribution in [0, 0.1) is 13.8 Å². The van der Waals surface area contributed by atoms with E-state index in [0.29, 0.717) is 11.4 Å². The van der Waals surface area contributed by atoms with E-state index < -0.39 is 6.03 Å². The molecular weight excluding hydrogens is 368 g/mol. The molecule has 3 aromatic carbocycles. The SMILES string of the molecule is Cc1ccc(-c2ccc(SCc3c(C)cccc3N(N)C(=O)NN)cc2)cc1. The van der Waals surface area contributed by atoms with Crippen molar-refractivity contribution in [2.75, 3.05) is 5.01 Å². The number of hydrogen-bond donors (Lipinski definition) is 3. The average Bonchev–Trinajstić information content (AvgIpc) is 2.72. The number of hydrazine groups is 2. The van der Waals surface area contributed by atoms with E-state index in [4.69, 9.17) is 11.7 Å². The molecule has 5 nitrogen and oxygen atoms in total. The minimum atomic E-state index is -0.556. The highest BCUT2D eigenvalue weighted by Crippen LogP contribution is 2.31. The number of nitrogens with one attached hydrogen (secondary N) is 1. The van der Waals surface area contributed by atoms with Crippen molar-refractivity contribution in [3.8, 4) is 11.1 Å². The Bertz CT molecular complexity index is 955. The Labute approximate surface area is 169 Å². The molecule has 0 aliphatic heterocycles.